The summed E-state index contributed by atoms with van der Waals surface area (Å²) in [7, 11) is 0. The summed E-state index contributed by atoms with van der Waals surface area (Å²) in [4.78, 5) is 10.6. The zero-order chi connectivity index (χ0) is 9.14. The Balaban J connectivity index is 2.53. The molecule has 1 saturated heterocycles. The summed E-state index contributed by atoms with van der Waals surface area (Å²) in [6.45, 7) is 0. The van der Waals surface area contributed by atoms with Crippen molar-refractivity contribution in [1.29, 1.82) is 0 Å². The van der Waals surface area contributed by atoms with E-state index >= 15 is 0 Å². The molecule has 12 heavy (non-hydrogen) atoms. The van der Waals surface area contributed by atoms with Gasteiger partial charge in [-0.25, -0.2) is 8.78 Å². The minimum Gasteiger partial charge on any atom is -0.461 e. The summed E-state index contributed by atoms with van der Waals surface area (Å²) in [5.74, 6) is 1.31. The highest BCUT2D eigenvalue weighted by molar-refractivity contribution is 5.72. The second-order valence-electron chi connectivity index (χ2n) is 2.63. The first-order valence-corrected chi connectivity index (χ1v) is 3.57. The van der Waals surface area contributed by atoms with Gasteiger partial charge in [-0.2, -0.15) is 0 Å². The summed E-state index contributed by atoms with van der Waals surface area (Å²) in [5, 5.41) is 0. The number of carbonyl (C=O) groups excluding carboxylic acids is 1. The molecular formula is C8H8F2O2. The summed E-state index contributed by atoms with van der Waals surface area (Å²) in [6, 6.07) is 0. The SMILES string of the molecule is C#CC1CC(=O)OC1CC(F)F. The van der Waals surface area contributed by atoms with E-state index in [4.69, 9.17) is 6.42 Å². The van der Waals surface area contributed by atoms with Crippen LogP contribution in [0.25, 0.3) is 0 Å². The van der Waals surface area contributed by atoms with Crippen LogP contribution >= 0.6 is 0 Å². The number of esters is 1. The Hall–Kier alpha value is -1.11. The van der Waals surface area contributed by atoms with Crippen LogP contribution in [0.15, 0.2) is 0 Å². The monoisotopic (exact) mass is 174 g/mol. The molecule has 1 heterocycles. The van der Waals surface area contributed by atoms with Crippen LogP contribution in [0.2, 0.25) is 0 Å². The maximum atomic E-state index is 11.9. The fourth-order valence-electron chi connectivity index (χ4n) is 1.16. The van der Waals surface area contributed by atoms with Gasteiger partial charge in [0.25, 0.3) is 0 Å². The number of halogens is 2. The highest BCUT2D eigenvalue weighted by Crippen LogP contribution is 2.25. The van der Waals surface area contributed by atoms with Gasteiger partial charge < -0.3 is 4.74 Å². The van der Waals surface area contributed by atoms with Crippen molar-refractivity contribution in [2.75, 3.05) is 0 Å². The van der Waals surface area contributed by atoms with Gasteiger partial charge in [0.2, 0.25) is 6.43 Å². The standard InChI is InChI=1S/C8H8F2O2/c1-2-5-3-8(11)12-6(5)4-7(9)10/h1,5-7H,3-4H2. The first kappa shape index (κ1) is 8.98. The van der Waals surface area contributed by atoms with Crippen molar-refractivity contribution < 1.29 is 18.3 Å². The molecule has 0 amide bonds. The Kier molecular flexibility index (Phi) is 2.64. The van der Waals surface area contributed by atoms with E-state index in [-0.39, 0.29) is 6.42 Å². The van der Waals surface area contributed by atoms with Crippen LogP contribution in [0.4, 0.5) is 8.78 Å². The number of ether oxygens (including phenoxy) is 1. The Labute approximate surface area is 68.9 Å². The molecule has 2 unspecified atom stereocenters. The molecule has 66 valence electrons. The zero-order valence-corrected chi connectivity index (χ0v) is 6.30. The fraction of sp³-hybridized carbons (Fsp3) is 0.625. The Morgan fingerprint density at radius 3 is 2.92 bits per heavy atom. The van der Waals surface area contributed by atoms with Gasteiger partial charge in [0.05, 0.1) is 12.3 Å². The number of hydrogen-bond donors (Lipinski definition) is 0. The van der Waals surface area contributed by atoms with E-state index in [1.54, 1.807) is 0 Å². The summed E-state index contributed by atoms with van der Waals surface area (Å²) in [6.07, 6.45) is 1.38. The lowest BCUT2D eigenvalue weighted by Gasteiger charge is -2.11. The molecule has 0 aromatic rings. The lowest BCUT2D eigenvalue weighted by Crippen LogP contribution is -2.18. The Morgan fingerprint density at radius 2 is 2.42 bits per heavy atom. The second-order valence-corrected chi connectivity index (χ2v) is 2.63. The molecule has 0 saturated carbocycles. The first-order valence-electron chi connectivity index (χ1n) is 3.57. The van der Waals surface area contributed by atoms with Crippen LogP contribution in [-0.2, 0) is 9.53 Å². The first-order chi connectivity index (χ1) is 5.63. The third-order valence-electron chi connectivity index (χ3n) is 1.74. The molecule has 0 aliphatic carbocycles. The summed E-state index contributed by atoms with van der Waals surface area (Å²) in [5.41, 5.74) is 0. The maximum Gasteiger partial charge on any atom is 0.307 e. The van der Waals surface area contributed by atoms with E-state index in [9.17, 15) is 13.6 Å². The van der Waals surface area contributed by atoms with Gasteiger partial charge in [0, 0.05) is 6.42 Å². The highest BCUT2D eigenvalue weighted by Gasteiger charge is 2.35. The van der Waals surface area contributed by atoms with Crippen LogP contribution in [0.3, 0.4) is 0 Å². The molecule has 2 nitrogen and oxygen atoms in total. The molecular weight excluding hydrogens is 166 g/mol. The second kappa shape index (κ2) is 3.53. The number of rotatable bonds is 2. The average molecular weight is 174 g/mol. The molecule has 0 aromatic carbocycles. The van der Waals surface area contributed by atoms with Crippen molar-refractivity contribution in [2.24, 2.45) is 5.92 Å². The number of cyclic esters (lactones) is 1. The third-order valence-corrected chi connectivity index (χ3v) is 1.74. The number of terminal acetylenes is 1. The highest BCUT2D eigenvalue weighted by atomic mass is 19.3. The van der Waals surface area contributed by atoms with Gasteiger partial charge in [0.15, 0.2) is 0 Å². The molecule has 4 heteroatoms. The van der Waals surface area contributed by atoms with E-state index in [2.05, 4.69) is 10.7 Å². The molecule has 0 spiro atoms. The summed E-state index contributed by atoms with van der Waals surface area (Å²) < 4.78 is 28.3. The zero-order valence-electron chi connectivity index (χ0n) is 6.30. The smallest absolute Gasteiger partial charge is 0.307 e. The summed E-state index contributed by atoms with van der Waals surface area (Å²) >= 11 is 0. The van der Waals surface area contributed by atoms with Gasteiger partial charge in [-0.3, -0.25) is 4.79 Å². The molecule has 1 aliphatic heterocycles. The molecule has 0 aromatic heterocycles. The van der Waals surface area contributed by atoms with Gasteiger partial charge in [-0.05, 0) is 0 Å². The predicted octanol–water partition coefficient (Wildman–Crippen LogP) is 1.21. The molecule has 1 fully saturated rings. The fourth-order valence-corrected chi connectivity index (χ4v) is 1.16. The third kappa shape index (κ3) is 1.94. The Bertz CT molecular complexity index is 220. The largest absolute Gasteiger partial charge is 0.461 e. The van der Waals surface area contributed by atoms with Crippen molar-refractivity contribution in [2.45, 2.75) is 25.4 Å². The number of carbonyl (C=O) groups is 1. The van der Waals surface area contributed by atoms with Crippen LogP contribution < -0.4 is 0 Å². The van der Waals surface area contributed by atoms with Crippen LogP contribution in [0.1, 0.15) is 12.8 Å². The molecule has 1 rings (SSSR count). The predicted molar refractivity (Wildman–Crippen MR) is 37.4 cm³/mol. The minimum atomic E-state index is -2.48. The van der Waals surface area contributed by atoms with E-state index in [1.807, 2.05) is 0 Å². The van der Waals surface area contributed by atoms with Crippen molar-refractivity contribution >= 4 is 5.97 Å². The van der Waals surface area contributed by atoms with E-state index < -0.39 is 30.8 Å². The molecule has 1 aliphatic rings. The van der Waals surface area contributed by atoms with Gasteiger partial charge in [-0.15, -0.1) is 6.42 Å². The lowest BCUT2D eigenvalue weighted by atomic mass is 10.0. The Morgan fingerprint density at radius 1 is 1.75 bits per heavy atom. The van der Waals surface area contributed by atoms with Crippen LogP contribution in [0, 0.1) is 18.3 Å². The van der Waals surface area contributed by atoms with E-state index in [0.717, 1.165) is 0 Å². The maximum absolute atomic E-state index is 11.9. The van der Waals surface area contributed by atoms with Crippen molar-refractivity contribution in [1.82, 2.24) is 0 Å². The topological polar surface area (TPSA) is 26.3 Å². The van der Waals surface area contributed by atoms with Gasteiger partial charge in [-0.1, -0.05) is 5.92 Å². The quantitative estimate of drug-likeness (QED) is 0.464. The normalized spacial score (nSPS) is 28.7. The van der Waals surface area contributed by atoms with Crippen molar-refractivity contribution in [3.63, 3.8) is 0 Å². The molecule has 2 atom stereocenters. The average Bonchev–Trinajstić information content (AvgIpc) is 2.29. The molecule has 0 radical (unpaired) electrons. The number of alkyl halides is 2. The van der Waals surface area contributed by atoms with Crippen LogP contribution in [-0.4, -0.2) is 18.5 Å². The van der Waals surface area contributed by atoms with Gasteiger partial charge in [0.1, 0.15) is 6.10 Å². The molecule has 0 N–H and O–H groups in total. The number of hydrogen-bond acceptors (Lipinski definition) is 2. The van der Waals surface area contributed by atoms with Crippen LogP contribution in [0.5, 0.6) is 0 Å². The van der Waals surface area contributed by atoms with Crippen molar-refractivity contribution in [3.8, 4) is 12.3 Å². The van der Waals surface area contributed by atoms with Crippen molar-refractivity contribution in [3.05, 3.63) is 0 Å². The van der Waals surface area contributed by atoms with E-state index in [0.29, 0.717) is 0 Å². The van der Waals surface area contributed by atoms with E-state index in [1.165, 1.54) is 0 Å². The molecule has 0 bridgehead atoms. The minimum absolute atomic E-state index is 0.0634. The lowest BCUT2D eigenvalue weighted by molar-refractivity contribution is -0.142. The van der Waals surface area contributed by atoms with Gasteiger partial charge >= 0.3 is 5.97 Å².